The lowest BCUT2D eigenvalue weighted by Gasteiger charge is -2.15. The van der Waals surface area contributed by atoms with Crippen LogP contribution in [-0.4, -0.2) is 51.2 Å². The highest BCUT2D eigenvalue weighted by atomic mass is 19.4. The lowest BCUT2D eigenvalue weighted by Crippen LogP contribution is -2.25. The zero-order valence-electron chi connectivity index (χ0n) is 12.1. The summed E-state index contributed by atoms with van der Waals surface area (Å²) in [6.07, 6.45) is -4.58. The summed E-state index contributed by atoms with van der Waals surface area (Å²) in [7, 11) is 1.96. The molecule has 2 heterocycles. The molecule has 0 saturated carbocycles. The van der Waals surface area contributed by atoms with Gasteiger partial charge in [0.05, 0.1) is 0 Å². The van der Waals surface area contributed by atoms with Crippen LogP contribution in [0.3, 0.4) is 0 Å². The standard InChI is InChI=1S/C12H17F3N6/c1-4-20(3)6-5-16-9-7-8(2)17-11-18-10(12(13,14)15)19-21(9)11/h7,16H,4-6H2,1-3H3. The molecule has 0 fully saturated rings. The maximum Gasteiger partial charge on any atom is 0.453 e. The Hall–Kier alpha value is -1.90. The van der Waals surface area contributed by atoms with Crippen molar-refractivity contribution in [3.8, 4) is 0 Å². The molecular formula is C12H17F3N6. The Labute approximate surface area is 120 Å². The normalized spacial score (nSPS) is 12.3. The number of halogens is 3. The second-order valence-electron chi connectivity index (χ2n) is 4.75. The third kappa shape index (κ3) is 3.60. The molecule has 0 atom stereocenters. The topological polar surface area (TPSA) is 58.3 Å². The maximum atomic E-state index is 12.7. The fraction of sp³-hybridized carbons (Fsp3) is 0.583. The number of hydrogen-bond acceptors (Lipinski definition) is 5. The van der Waals surface area contributed by atoms with Crippen LogP contribution >= 0.6 is 0 Å². The van der Waals surface area contributed by atoms with Crippen LogP contribution in [0.25, 0.3) is 5.78 Å². The van der Waals surface area contributed by atoms with Crippen LogP contribution in [0.4, 0.5) is 19.0 Å². The van der Waals surface area contributed by atoms with E-state index in [2.05, 4.69) is 25.3 Å². The molecule has 9 heteroatoms. The number of nitrogens with one attached hydrogen (secondary N) is 1. The molecule has 0 aliphatic heterocycles. The highest BCUT2D eigenvalue weighted by Crippen LogP contribution is 2.27. The van der Waals surface area contributed by atoms with E-state index in [0.29, 0.717) is 18.1 Å². The maximum absolute atomic E-state index is 12.7. The molecule has 2 rings (SSSR count). The summed E-state index contributed by atoms with van der Waals surface area (Å²) >= 11 is 0. The van der Waals surface area contributed by atoms with E-state index < -0.39 is 12.0 Å². The largest absolute Gasteiger partial charge is 0.453 e. The van der Waals surface area contributed by atoms with Gasteiger partial charge in [-0.25, -0.2) is 4.98 Å². The van der Waals surface area contributed by atoms with E-state index in [1.807, 2.05) is 14.0 Å². The van der Waals surface area contributed by atoms with Gasteiger partial charge >= 0.3 is 6.18 Å². The number of rotatable bonds is 5. The first-order valence-electron chi connectivity index (χ1n) is 6.55. The lowest BCUT2D eigenvalue weighted by atomic mass is 10.4. The van der Waals surface area contributed by atoms with E-state index in [4.69, 9.17) is 0 Å². The van der Waals surface area contributed by atoms with Gasteiger partial charge in [-0.1, -0.05) is 6.92 Å². The second-order valence-corrected chi connectivity index (χ2v) is 4.75. The third-order valence-corrected chi connectivity index (χ3v) is 3.03. The highest BCUT2D eigenvalue weighted by molar-refractivity contribution is 5.45. The zero-order valence-corrected chi connectivity index (χ0v) is 12.1. The van der Waals surface area contributed by atoms with Gasteiger partial charge in [-0.15, -0.1) is 5.10 Å². The number of fused-ring (bicyclic) bond motifs is 1. The van der Waals surface area contributed by atoms with Gasteiger partial charge in [0.2, 0.25) is 0 Å². The molecule has 0 amide bonds. The third-order valence-electron chi connectivity index (χ3n) is 3.03. The van der Waals surface area contributed by atoms with Crippen LogP contribution in [-0.2, 0) is 6.18 Å². The van der Waals surface area contributed by atoms with Gasteiger partial charge in [0.15, 0.2) is 0 Å². The minimum atomic E-state index is -4.58. The van der Waals surface area contributed by atoms with Crippen molar-refractivity contribution in [2.45, 2.75) is 20.0 Å². The van der Waals surface area contributed by atoms with E-state index in [0.717, 1.165) is 17.6 Å². The summed E-state index contributed by atoms with van der Waals surface area (Å²) in [5, 5.41) is 6.55. The number of anilines is 1. The van der Waals surface area contributed by atoms with Crippen molar-refractivity contribution in [2.75, 3.05) is 32.0 Å². The van der Waals surface area contributed by atoms with E-state index in [1.165, 1.54) is 0 Å². The Kier molecular flexibility index (Phi) is 4.31. The van der Waals surface area contributed by atoms with Gasteiger partial charge < -0.3 is 10.2 Å². The molecular weight excluding hydrogens is 285 g/mol. The molecule has 0 aliphatic carbocycles. The van der Waals surface area contributed by atoms with Gasteiger partial charge in [0, 0.05) is 24.8 Å². The van der Waals surface area contributed by atoms with Crippen molar-refractivity contribution in [2.24, 2.45) is 0 Å². The molecule has 0 saturated heterocycles. The smallest absolute Gasteiger partial charge is 0.369 e. The van der Waals surface area contributed by atoms with E-state index in [9.17, 15) is 13.2 Å². The van der Waals surface area contributed by atoms with Crippen molar-refractivity contribution >= 4 is 11.6 Å². The fourth-order valence-electron chi connectivity index (χ4n) is 1.77. The number of likely N-dealkylation sites (N-methyl/N-ethyl adjacent to an activating group) is 1. The molecule has 0 bridgehead atoms. The van der Waals surface area contributed by atoms with Crippen LogP contribution in [0.2, 0.25) is 0 Å². The van der Waals surface area contributed by atoms with Gasteiger partial charge in [0.1, 0.15) is 5.82 Å². The minimum Gasteiger partial charge on any atom is -0.369 e. The summed E-state index contributed by atoms with van der Waals surface area (Å²) in [6.45, 7) is 5.98. The molecule has 0 aliphatic rings. The highest BCUT2D eigenvalue weighted by Gasteiger charge is 2.36. The fourth-order valence-corrected chi connectivity index (χ4v) is 1.77. The van der Waals surface area contributed by atoms with Crippen LogP contribution in [0.1, 0.15) is 18.4 Å². The van der Waals surface area contributed by atoms with Gasteiger partial charge in [-0.2, -0.15) is 22.7 Å². The van der Waals surface area contributed by atoms with Crippen molar-refractivity contribution in [3.05, 3.63) is 17.6 Å². The summed E-state index contributed by atoms with van der Waals surface area (Å²) < 4.78 is 39.1. The number of hydrogen-bond donors (Lipinski definition) is 1. The summed E-state index contributed by atoms with van der Waals surface area (Å²) in [5.41, 5.74) is 0.579. The lowest BCUT2D eigenvalue weighted by molar-refractivity contribution is -0.144. The molecule has 0 aromatic carbocycles. The first-order valence-corrected chi connectivity index (χ1v) is 6.55. The van der Waals surface area contributed by atoms with Crippen molar-refractivity contribution in [3.63, 3.8) is 0 Å². The molecule has 21 heavy (non-hydrogen) atoms. The summed E-state index contributed by atoms with van der Waals surface area (Å²) in [4.78, 5) is 9.48. The Balaban J connectivity index is 2.28. The van der Waals surface area contributed by atoms with E-state index in [-0.39, 0.29) is 5.78 Å². The number of nitrogens with zero attached hydrogens (tertiary/aromatic N) is 5. The average Bonchev–Trinajstić information content (AvgIpc) is 2.82. The van der Waals surface area contributed by atoms with Crippen LogP contribution in [0.15, 0.2) is 6.07 Å². The number of aryl methyl sites for hydroxylation is 1. The molecule has 2 aromatic heterocycles. The first-order chi connectivity index (χ1) is 9.81. The molecule has 0 radical (unpaired) electrons. The predicted octanol–water partition coefficient (Wildman–Crippen LogP) is 1.82. The number of alkyl halides is 3. The van der Waals surface area contributed by atoms with E-state index >= 15 is 0 Å². The Bertz CT molecular complexity index is 621. The van der Waals surface area contributed by atoms with E-state index in [1.54, 1.807) is 13.0 Å². The van der Waals surface area contributed by atoms with Gasteiger partial charge in [-0.3, -0.25) is 0 Å². The Morgan fingerprint density at radius 2 is 2.05 bits per heavy atom. The average molecular weight is 302 g/mol. The SMILES string of the molecule is CCN(C)CCNc1cc(C)nc2nc(C(F)(F)F)nn12. The van der Waals surface area contributed by atoms with Gasteiger partial charge in [0.25, 0.3) is 11.6 Å². The van der Waals surface area contributed by atoms with Crippen LogP contribution in [0.5, 0.6) is 0 Å². The van der Waals surface area contributed by atoms with Crippen molar-refractivity contribution in [1.29, 1.82) is 0 Å². The summed E-state index contributed by atoms with van der Waals surface area (Å²) in [6, 6.07) is 1.65. The van der Waals surface area contributed by atoms with Crippen molar-refractivity contribution < 1.29 is 13.2 Å². The molecule has 2 aromatic rings. The minimum absolute atomic E-state index is 0.0614. The molecule has 116 valence electrons. The van der Waals surface area contributed by atoms with Crippen LogP contribution in [0, 0.1) is 6.92 Å². The molecule has 6 nitrogen and oxygen atoms in total. The first kappa shape index (κ1) is 15.5. The Morgan fingerprint density at radius 3 is 2.67 bits per heavy atom. The van der Waals surface area contributed by atoms with Gasteiger partial charge in [-0.05, 0) is 20.5 Å². The second kappa shape index (κ2) is 5.84. The molecule has 1 N–H and O–H groups in total. The van der Waals surface area contributed by atoms with Crippen molar-refractivity contribution in [1.82, 2.24) is 24.5 Å². The quantitative estimate of drug-likeness (QED) is 0.913. The number of aromatic nitrogens is 4. The molecule has 0 unspecified atom stereocenters. The van der Waals surface area contributed by atoms with Crippen LogP contribution < -0.4 is 5.32 Å². The molecule has 0 spiro atoms. The monoisotopic (exact) mass is 302 g/mol. The Morgan fingerprint density at radius 1 is 1.33 bits per heavy atom. The summed E-state index contributed by atoms with van der Waals surface area (Å²) in [5.74, 6) is -0.798. The predicted molar refractivity (Wildman–Crippen MR) is 72.2 cm³/mol. The zero-order chi connectivity index (χ0) is 15.6.